The van der Waals surface area contributed by atoms with Gasteiger partial charge in [-0.15, -0.1) is 0 Å². The fourth-order valence-corrected chi connectivity index (χ4v) is 1.61. The average Bonchev–Trinajstić information content (AvgIpc) is 2.54. The van der Waals surface area contributed by atoms with E-state index in [2.05, 4.69) is 20.4 Å². The molecule has 0 aliphatic carbocycles. The number of ether oxygens (including phenoxy) is 2. The van der Waals surface area contributed by atoms with Gasteiger partial charge >= 0.3 is 5.97 Å². The molecular weight excluding hydrogens is 270 g/mol. The van der Waals surface area contributed by atoms with Crippen LogP contribution in [0.25, 0.3) is 0 Å². The van der Waals surface area contributed by atoms with Gasteiger partial charge in [0.05, 0.1) is 19.6 Å². The molecule has 21 heavy (non-hydrogen) atoms. The zero-order chi connectivity index (χ0) is 15.5. The summed E-state index contributed by atoms with van der Waals surface area (Å²) in [4.78, 5) is 15.4. The number of methoxy groups -OCH3 is 1. The molecule has 116 valence electrons. The fourth-order valence-electron chi connectivity index (χ4n) is 1.61. The van der Waals surface area contributed by atoms with Crippen LogP contribution >= 0.6 is 0 Å². The molecule has 0 saturated heterocycles. The number of esters is 1. The van der Waals surface area contributed by atoms with E-state index in [4.69, 9.17) is 4.74 Å². The monoisotopic (exact) mass is 293 g/mol. The molecule has 0 amide bonds. The van der Waals surface area contributed by atoms with E-state index in [1.807, 2.05) is 30.3 Å². The summed E-state index contributed by atoms with van der Waals surface area (Å²) >= 11 is 0. The first kappa shape index (κ1) is 16.8. The van der Waals surface area contributed by atoms with Crippen molar-refractivity contribution in [1.82, 2.24) is 10.6 Å². The minimum absolute atomic E-state index is 0.228. The molecule has 0 bridgehead atoms. The molecule has 6 heteroatoms. The molecule has 0 saturated carbocycles. The molecular formula is C15H23N3O3. The van der Waals surface area contributed by atoms with Gasteiger partial charge < -0.3 is 20.1 Å². The van der Waals surface area contributed by atoms with E-state index in [1.54, 1.807) is 14.0 Å². The normalized spacial score (nSPS) is 12.4. The highest BCUT2D eigenvalue weighted by Crippen LogP contribution is 2.07. The minimum atomic E-state index is -0.245. The maximum atomic E-state index is 11.3. The van der Waals surface area contributed by atoms with E-state index >= 15 is 0 Å². The number of aliphatic imine (C=N–C) groups is 1. The van der Waals surface area contributed by atoms with Gasteiger partial charge in [0.15, 0.2) is 5.96 Å². The predicted molar refractivity (Wildman–Crippen MR) is 82.5 cm³/mol. The zero-order valence-corrected chi connectivity index (χ0v) is 12.8. The van der Waals surface area contributed by atoms with Crippen molar-refractivity contribution >= 4 is 11.9 Å². The van der Waals surface area contributed by atoms with Gasteiger partial charge in [-0.2, -0.15) is 0 Å². The molecule has 1 rings (SSSR count). The van der Waals surface area contributed by atoms with Crippen molar-refractivity contribution in [2.75, 3.05) is 33.9 Å². The summed E-state index contributed by atoms with van der Waals surface area (Å²) in [7, 11) is 3.06. The molecule has 2 N–H and O–H groups in total. The fraction of sp³-hybridized carbons (Fsp3) is 0.467. The van der Waals surface area contributed by atoms with Crippen LogP contribution < -0.4 is 15.4 Å². The van der Waals surface area contributed by atoms with Crippen molar-refractivity contribution in [2.24, 2.45) is 10.9 Å². The van der Waals surface area contributed by atoms with Crippen LogP contribution in [0.2, 0.25) is 0 Å². The molecule has 1 unspecified atom stereocenters. The zero-order valence-electron chi connectivity index (χ0n) is 12.8. The molecule has 0 aromatic heterocycles. The third-order valence-electron chi connectivity index (χ3n) is 2.81. The van der Waals surface area contributed by atoms with Gasteiger partial charge in [0.2, 0.25) is 0 Å². The Morgan fingerprint density at radius 3 is 2.62 bits per heavy atom. The smallest absolute Gasteiger partial charge is 0.310 e. The van der Waals surface area contributed by atoms with E-state index < -0.39 is 0 Å². The molecule has 1 aromatic rings. The van der Waals surface area contributed by atoms with Crippen LogP contribution in [-0.4, -0.2) is 45.8 Å². The third-order valence-corrected chi connectivity index (χ3v) is 2.81. The lowest BCUT2D eigenvalue weighted by Crippen LogP contribution is -2.42. The van der Waals surface area contributed by atoms with Crippen LogP contribution in [0.1, 0.15) is 6.92 Å². The Bertz CT molecular complexity index is 449. The first-order valence-corrected chi connectivity index (χ1v) is 6.87. The summed E-state index contributed by atoms with van der Waals surface area (Å²) in [6.45, 7) is 3.40. The first-order valence-electron chi connectivity index (χ1n) is 6.87. The summed E-state index contributed by atoms with van der Waals surface area (Å²) in [6, 6.07) is 9.62. The largest absolute Gasteiger partial charge is 0.492 e. The van der Waals surface area contributed by atoms with Crippen molar-refractivity contribution in [3.8, 4) is 5.75 Å². The summed E-state index contributed by atoms with van der Waals surface area (Å²) in [5.74, 6) is 0.989. The highest BCUT2D eigenvalue weighted by Gasteiger charge is 2.13. The molecule has 0 aliphatic heterocycles. The second-order valence-corrected chi connectivity index (χ2v) is 4.47. The molecule has 0 spiro atoms. The summed E-state index contributed by atoms with van der Waals surface area (Å²) in [6.07, 6.45) is 0. The number of hydrogen-bond donors (Lipinski definition) is 2. The highest BCUT2D eigenvalue weighted by molar-refractivity contribution is 5.80. The van der Waals surface area contributed by atoms with Gasteiger partial charge in [0.1, 0.15) is 12.4 Å². The van der Waals surface area contributed by atoms with Gasteiger partial charge in [0, 0.05) is 13.6 Å². The van der Waals surface area contributed by atoms with Crippen LogP contribution in [0.3, 0.4) is 0 Å². The van der Waals surface area contributed by atoms with Gasteiger partial charge in [-0.1, -0.05) is 25.1 Å². The highest BCUT2D eigenvalue weighted by atomic mass is 16.5. The maximum absolute atomic E-state index is 11.3. The van der Waals surface area contributed by atoms with Gasteiger partial charge in [-0.3, -0.25) is 9.79 Å². The standard InChI is InChI=1S/C15H23N3O3/c1-12(14(19)20-3)11-18-15(16-2)17-9-10-21-13-7-5-4-6-8-13/h4-8,12H,9-11H2,1-3H3,(H2,16,17,18). The number of nitrogens with one attached hydrogen (secondary N) is 2. The Balaban J connectivity index is 2.21. The maximum Gasteiger partial charge on any atom is 0.310 e. The number of nitrogens with zero attached hydrogens (tertiary/aromatic N) is 1. The molecule has 0 heterocycles. The van der Waals surface area contributed by atoms with Crippen molar-refractivity contribution in [1.29, 1.82) is 0 Å². The molecule has 0 radical (unpaired) electrons. The Labute approximate surface area is 125 Å². The molecule has 0 fully saturated rings. The van der Waals surface area contributed by atoms with E-state index in [0.717, 1.165) is 5.75 Å². The van der Waals surface area contributed by atoms with Crippen molar-refractivity contribution in [3.63, 3.8) is 0 Å². The molecule has 1 atom stereocenters. The first-order chi connectivity index (χ1) is 10.2. The number of carbonyl (C=O) groups excluding carboxylic acids is 1. The Morgan fingerprint density at radius 2 is 2.00 bits per heavy atom. The lowest BCUT2D eigenvalue weighted by molar-refractivity contribution is -0.144. The van der Waals surface area contributed by atoms with E-state index in [-0.39, 0.29) is 11.9 Å². The summed E-state index contributed by atoms with van der Waals surface area (Å²) < 4.78 is 10.2. The number of para-hydroxylation sites is 1. The lowest BCUT2D eigenvalue weighted by Gasteiger charge is -2.15. The topological polar surface area (TPSA) is 72.0 Å². The number of rotatable bonds is 7. The van der Waals surface area contributed by atoms with Gasteiger partial charge in [-0.25, -0.2) is 0 Å². The lowest BCUT2D eigenvalue weighted by atomic mass is 10.2. The predicted octanol–water partition coefficient (Wildman–Crippen LogP) is 1.04. The van der Waals surface area contributed by atoms with Gasteiger partial charge in [0.25, 0.3) is 0 Å². The second kappa shape index (κ2) is 9.63. The average molecular weight is 293 g/mol. The number of hydrogen-bond acceptors (Lipinski definition) is 4. The van der Waals surface area contributed by atoms with Crippen molar-refractivity contribution < 1.29 is 14.3 Å². The van der Waals surface area contributed by atoms with Crippen LogP contribution in [-0.2, 0) is 9.53 Å². The molecule has 6 nitrogen and oxygen atoms in total. The summed E-state index contributed by atoms with van der Waals surface area (Å²) in [5, 5.41) is 6.18. The molecule has 0 aliphatic rings. The quantitative estimate of drug-likeness (QED) is 0.340. The van der Waals surface area contributed by atoms with E-state index in [1.165, 1.54) is 7.11 Å². The van der Waals surface area contributed by atoms with E-state index in [9.17, 15) is 4.79 Å². The second-order valence-electron chi connectivity index (χ2n) is 4.47. The van der Waals surface area contributed by atoms with Crippen LogP contribution in [0.4, 0.5) is 0 Å². The van der Waals surface area contributed by atoms with Crippen molar-refractivity contribution in [2.45, 2.75) is 6.92 Å². The van der Waals surface area contributed by atoms with Crippen LogP contribution in [0.15, 0.2) is 35.3 Å². The Kier molecular flexibility index (Phi) is 7.71. The number of guanidine groups is 1. The Hall–Kier alpha value is -2.24. The van der Waals surface area contributed by atoms with E-state index in [0.29, 0.717) is 25.7 Å². The molecule has 1 aromatic carbocycles. The minimum Gasteiger partial charge on any atom is -0.492 e. The van der Waals surface area contributed by atoms with Crippen LogP contribution in [0.5, 0.6) is 5.75 Å². The van der Waals surface area contributed by atoms with Crippen LogP contribution in [0, 0.1) is 5.92 Å². The van der Waals surface area contributed by atoms with Crippen molar-refractivity contribution in [3.05, 3.63) is 30.3 Å². The third kappa shape index (κ3) is 6.65. The number of benzene rings is 1. The summed E-state index contributed by atoms with van der Waals surface area (Å²) in [5.41, 5.74) is 0. The SMILES string of the molecule is CN=C(NCCOc1ccccc1)NCC(C)C(=O)OC. The number of carbonyl (C=O) groups is 1. The Morgan fingerprint density at radius 1 is 1.29 bits per heavy atom. The van der Waals surface area contributed by atoms with Gasteiger partial charge in [-0.05, 0) is 12.1 Å².